The quantitative estimate of drug-likeness (QED) is 0.620. The summed E-state index contributed by atoms with van der Waals surface area (Å²) in [6.07, 6.45) is 2.79. The number of hydrogen-bond donors (Lipinski definition) is 1. The Labute approximate surface area is 108 Å². The molecule has 0 heterocycles. The van der Waals surface area contributed by atoms with Gasteiger partial charge in [0.2, 0.25) is 0 Å². The molecule has 1 fully saturated rings. The van der Waals surface area contributed by atoms with Crippen molar-refractivity contribution < 1.29 is 14.6 Å². The van der Waals surface area contributed by atoms with Crippen LogP contribution in [0.25, 0.3) is 0 Å². The highest BCUT2D eigenvalue weighted by Gasteiger charge is 2.46. The molecule has 18 heavy (non-hydrogen) atoms. The van der Waals surface area contributed by atoms with E-state index in [-0.39, 0.29) is 11.7 Å². The molecule has 1 aliphatic carbocycles. The minimum Gasteiger partial charge on any atom is -0.393 e. The molecule has 0 aliphatic heterocycles. The number of rotatable bonds is 6. The maximum absolute atomic E-state index is 9.56. The van der Waals surface area contributed by atoms with Gasteiger partial charge in [0, 0.05) is 20.0 Å². The SMILES string of the molecule is C=CCOCc1ccccc1[C@]1(OC)C[C@@H](O)C1. The number of ether oxygens (including phenoxy) is 2. The summed E-state index contributed by atoms with van der Waals surface area (Å²) in [6, 6.07) is 8.10. The standard InChI is InChI=1S/C15H20O3/c1-3-8-18-11-12-6-4-5-7-14(12)15(17-2)9-13(16)10-15/h3-7,13,16H,1,8-11H2,2H3/t13-,15+. The van der Waals surface area contributed by atoms with E-state index in [0.717, 1.165) is 11.1 Å². The van der Waals surface area contributed by atoms with E-state index in [0.29, 0.717) is 26.1 Å². The molecule has 1 N–H and O–H groups in total. The van der Waals surface area contributed by atoms with Gasteiger partial charge in [-0.1, -0.05) is 30.3 Å². The third-order valence-corrected chi connectivity index (χ3v) is 3.52. The summed E-state index contributed by atoms with van der Waals surface area (Å²) in [6.45, 7) is 4.72. The fourth-order valence-corrected chi connectivity index (χ4v) is 2.54. The Hall–Kier alpha value is -1.16. The summed E-state index contributed by atoms with van der Waals surface area (Å²) in [5.41, 5.74) is 1.91. The number of aliphatic hydroxyl groups excluding tert-OH is 1. The van der Waals surface area contributed by atoms with Gasteiger partial charge in [0.05, 0.1) is 24.9 Å². The van der Waals surface area contributed by atoms with Crippen LogP contribution in [0.2, 0.25) is 0 Å². The Kier molecular flexibility index (Phi) is 4.17. The van der Waals surface area contributed by atoms with Crippen molar-refractivity contribution in [1.82, 2.24) is 0 Å². The number of methoxy groups -OCH3 is 1. The largest absolute Gasteiger partial charge is 0.393 e. The molecule has 0 bridgehead atoms. The Morgan fingerprint density at radius 2 is 2.17 bits per heavy atom. The topological polar surface area (TPSA) is 38.7 Å². The van der Waals surface area contributed by atoms with Gasteiger partial charge >= 0.3 is 0 Å². The van der Waals surface area contributed by atoms with Crippen molar-refractivity contribution in [2.75, 3.05) is 13.7 Å². The molecule has 1 aliphatic rings. The van der Waals surface area contributed by atoms with Crippen LogP contribution >= 0.6 is 0 Å². The van der Waals surface area contributed by atoms with Crippen molar-refractivity contribution >= 4 is 0 Å². The number of benzene rings is 1. The van der Waals surface area contributed by atoms with Crippen molar-refractivity contribution in [3.8, 4) is 0 Å². The fraction of sp³-hybridized carbons (Fsp3) is 0.467. The van der Waals surface area contributed by atoms with Gasteiger partial charge in [-0.25, -0.2) is 0 Å². The minimum atomic E-state index is -0.340. The third kappa shape index (κ3) is 2.48. The molecule has 3 heteroatoms. The van der Waals surface area contributed by atoms with Crippen LogP contribution in [0.3, 0.4) is 0 Å². The minimum absolute atomic E-state index is 0.257. The van der Waals surface area contributed by atoms with E-state index in [9.17, 15) is 5.11 Å². The molecule has 1 aromatic carbocycles. The zero-order valence-corrected chi connectivity index (χ0v) is 10.8. The van der Waals surface area contributed by atoms with Crippen LogP contribution in [0, 0.1) is 0 Å². The molecule has 1 aromatic rings. The molecule has 0 atom stereocenters. The lowest BCUT2D eigenvalue weighted by Gasteiger charge is -2.45. The second-order valence-electron chi connectivity index (χ2n) is 4.72. The van der Waals surface area contributed by atoms with E-state index in [2.05, 4.69) is 12.6 Å². The molecule has 1 saturated carbocycles. The molecule has 3 nitrogen and oxygen atoms in total. The van der Waals surface area contributed by atoms with Gasteiger partial charge in [-0.05, 0) is 11.1 Å². The fourth-order valence-electron chi connectivity index (χ4n) is 2.54. The molecular formula is C15H20O3. The molecule has 0 unspecified atom stereocenters. The highest BCUT2D eigenvalue weighted by atomic mass is 16.5. The van der Waals surface area contributed by atoms with Crippen LogP contribution in [-0.4, -0.2) is 24.9 Å². The Morgan fingerprint density at radius 3 is 2.78 bits per heavy atom. The van der Waals surface area contributed by atoms with Gasteiger partial charge in [0.1, 0.15) is 0 Å². The van der Waals surface area contributed by atoms with E-state index >= 15 is 0 Å². The van der Waals surface area contributed by atoms with Crippen LogP contribution in [0.5, 0.6) is 0 Å². The van der Waals surface area contributed by atoms with Gasteiger partial charge in [-0.2, -0.15) is 0 Å². The smallest absolute Gasteiger partial charge is 0.0980 e. The van der Waals surface area contributed by atoms with E-state index in [1.165, 1.54) is 0 Å². The molecule has 0 aromatic heterocycles. The summed E-state index contributed by atoms with van der Waals surface area (Å²) < 4.78 is 11.1. The number of aliphatic hydroxyl groups is 1. The molecule has 0 amide bonds. The summed E-state index contributed by atoms with van der Waals surface area (Å²) in [5.74, 6) is 0. The van der Waals surface area contributed by atoms with E-state index in [1.807, 2.05) is 18.2 Å². The zero-order chi connectivity index (χ0) is 13.0. The van der Waals surface area contributed by atoms with E-state index in [1.54, 1.807) is 13.2 Å². The van der Waals surface area contributed by atoms with E-state index < -0.39 is 0 Å². The second kappa shape index (κ2) is 5.65. The van der Waals surface area contributed by atoms with Gasteiger partial charge in [-0.3, -0.25) is 0 Å². The molecule has 0 spiro atoms. The van der Waals surface area contributed by atoms with Gasteiger partial charge < -0.3 is 14.6 Å². The molecular weight excluding hydrogens is 228 g/mol. The lowest BCUT2D eigenvalue weighted by molar-refractivity contribution is -0.144. The molecule has 2 rings (SSSR count). The average Bonchev–Trinajstić information content (AvgIpc) is 2.36. The summed E-state index contributed by atoms with van der Waals surface area (Å²) in [4.78, 5) is 0. The highest BCUT2D eigenvalue weighted by Crippen LogP contribution is 2.45. The van der Waals surface area contributed by atoms with Crippen molar-refractivity contribution in [2.45, 2.75) is 31.2 Å². The van der Waals surface area contributed by atoms with Crippen LogP contribution in [0.15, 0.2) is 36.9 Å². The predicted molar refractivity (Wildman–Crippen MR) is 70.2 cm³/mol. The Balaban J connectivity index is 2.18. The molecule has 98 valence electrons. The van der Waals surface area contributed by atoms with Gasteiger partial charge in [0.25, 0.3) is 0 Å². The molecule has 0 saturated heterocycles. The summed E-state index contributed by atoms with van der Waals surface area (Å²) in [7, 11) is 1.70. The molecule has 0 radical (unpaired) electrons. The first kappa shape index (κ1) is 13.3. The van der Waals surface area contributed by atoms with Crippen molar-refractivity contribution in [3.05, 3.63) is 48.0 Å². The normalized spacial score (nSPS) is 26.7. The zero-order valence-electron chi connectivity index (χ0n) is 10.8. The van der Waals surface area contributed by atoms with Gasteiger partial charge in [-0.15, -0.1) is 6.58 Å². The highest BCUT2D eigenvalue weighted by molar-refractivity contribution is 5.34. The predicted octanol–water partition coefficient (Wildman–Crippen LogP) is 2.39. The van der Waals surface area contributed by atoms with Crippen molar-refractivity contribution in [2.24, 2.45) is 0 Å². The average molecular weight is 248 g/mol. The Morgan fingerprint density at radius 1 is 1.44 bits per heavy atom. The monoisotopic (exact) mass is 248 g/mol. The lowest BCUT2D eigenvalue weighted by Crippen LogP contribution is -2.46. The van der Waals surface area contributed by atoms with Crippen LogP contribution in [-0.2, 0) is 21.7 Å². The number of hydrogen-bond acceptors (Lipinski definition) is 3. The maximum Gasteiger partial charge on any atom is 0.0980 e. The first-order valence-electron chi connectivity index (χ1n) is 6.22. The van der Waals surface area contributed by atoms with Crippen LogP contribution in [0.4, 0.5) is 0 Å². The van der Waals surface area contributed by atoms with Crippen LogP contribution in [0.1, 0.15) is 24.0 Å². The maximum atomic E-state index is 9.56. The summed E-state index contributed by atoms with van der Waals surface area (Å²) in [5, 5.41) is 9.56. The van der Waals surface area contributed by atoms with Gasteiger partial charge in [0.15, 0.2) is 0 Å². The Bertz CT molecular complexity index is 408. The van der Waals surface area contributed by atoms with E-state index in [4.69, 9.17) is 9.47 Å². The second-order valence-corrected chi connectivity index (χ2v) is 4.72. The summed E-state index contributed by atoms with van der Waals surface area (Å²) >= 11 is 0. The first-order valence-corrected chi connectivity index (χ1v) is 6.22. The van der Waals surface area contributed by atoms with Crippen molar-refractivity contribution in [1.29, 1.82) is 0 Å². The van der Waals surface area contributed by atoms with Crippen molar-refractivity contribution in [3.63, 3.8) is 0 Å². The lowest BCUT2D eigenvalue weighted by atomic mass is 9.71. The first-order chi connectivity index (χ1) is 8.72. The van der Waals surface area contributed by atoms with Crippen LogP contribution < -0.4 is 0 Å². The third-order valence-electron chi connectivity index (χ3n) is 3.52.